The highest BCUT2D eigenvalue weighted by molar-refractivity contribution is 5.77. The van der Waals surface area contributed by atoms with Gasteiger partial charge in [0.2, 0.25) is 5.91 Å². The van der Waals surface area contributed by atoms with Crippen molar-refractivity contribution in [2.24, 2.45) is 5.73 Å². The third-order valence-electron chi connectivity index (χ3n) is 2.91. The van der Waals surface area contributed by atoms with Crippen LogP contribution in [0.2, 0.25) is 0 Å². The molecule has 0 radical (unpaired) electrons. The summed E-state index contributed by atoms with van der Waals surface area (Å²) in [6.07, 6.45) is 6.97. The highest BCUT2D eigenvalue weighted by Crippen LogP contribution is 2.31. The second-order valence-electron chi connectivity index (χ2n) is 4.28. The van der Waals surface area contributed by atoms with Crippen molar-refractivity contribution in [3.8, 4) is 0 Å². The molecular formula is C10H16N4O. The Kier molecular flexibility index (Phi) is 2.73. The molecule has 1 heterocycles. The van der Waals surface area contributed by atoms with Crippen LogP contribution in [0, 0.1) is 0 Å². The number of hydrogen-bond donors (Lipinski definition) is 3. The molecule has 0 aromatic carbocycles. The molecule has 2 rings (SSSR count). The third kappa shape index (κ3) is 2.56. The maximum Gasteiger partial charge on any atom is 0.222 e. The molecule has 1 fully saturated rings. The Balaban J connectivity index is 1.73. The third-order valence-corrected chi connectivity index (χ3v) is 2.91. The van der Waals surface area contributed by atoms with Crippen molar-refractivity contribution in [1.29, 1.82) is 0 Å². The smallest absolute Gasteiger partial charge is 0.222 e. The van der Waals surface area contributed by atoms with E-state index in [0.717, 1.165) is 24.8 Å². The van der Waals surface area contributed by atoms with E-state index in [-0.39, 0.29) is 11.4 Å². The van der Waals surface area contributed by atoms with E-state index >= 15 is 0 Å². The Morgan fingerprint density at radius 3 is 3.00 bits per heavy atom. The number of nitrogens with two attached hydrogens (primary N) is 1. The Labute approximate surface area is 88.4 Å². The second kappa shape index (κ2) is 4.02. The van der Waals surface area contributed by atoms with Crippen LogP contribution in [0.3, 0.4) is 0 Å². The number of hydrogen-bond acceptors (Lipinski definition) is 3. The van der Waals surface area contributed by atoms with Crippen LogP contribution < -0.4 is 11.1 Å². The molecule has 0 saturated heterocycles. The molecule has 1 aliphatic carbocycles. The number of carbonyl (C=O) groups is 1. The number of aromatic amines is 1. The lowest BCUT2D eigenvalue weighted by molar-refractivity contribution is -0.123. The Morgan fingerprint density at radius 2 is 2.47 bits per heavy atom. The van der Waals surface area contributed by atoms with Crippen LogP contribution >= 0.6 is 0 Å². The van der Waals surface area contributed by atoms with Crippen LogP contribution in [0.15, 0.2) is 12.4 Å². The fraction of sp³-hybridized carbons (Fsp3) is 0.600. The quantitative estimate of drug-likeness (QED) is 0.665. The van der Waals surface area contributed by atoms with E-state index in [0.29, 0.717) is 13.0 Å². The number of carbonyl (C=O) groups excluding carboxylic acids is 1. The Hall–Kier alpha value is -1.36. The van der Waals surface area contributed by atoms with Crippen molar-refractivity contribution in [1.82, 2.24) is 15.5 Å². The largest absolute Gasteiger partial charge is 0.352 e. The maximum absolute atomic E-state index is 11.5. The first-order valence-electron chi connectivity index (χ1n) is 5.21. The van der Waals surface area contributed by atoms with Gasteiger partial charge in [-0.2, -0.15) is 5.10 Å². The number of nitrogens with zero attached hydrogens (tertiary/aromatic N) is 1. The number of rotatable bonds is 4. The molecule has 0 spiro atoms. The van der Waals surface area contributed by atoms with Crippen molar-refractivity contribution in [2.75, 3.05) is 0 Å². The standard InChI is InChI=1S/C10H16N4O/c11-10(2-1-3-10)4-9(15)12-5-8-6-13-14-7-8/h6-7H,1-5,11H2,(H,12,15)(H,13,14). The number of aromatic nitrogens is 2. The van der Waals surface area contributed by atoms with Crippen LogP contribution in [0.5, 0.6) is 0 Å². The van der Waals surface area contributed by atoms with Gasteiger partial charge in [0, 0.05) is 30.3 Å². The summed E-state index contributed by atoms with van der Waals surface area (Å²) in [5.41, 5.74) is 6.71. The van der Waals surface area contributed by atoms with Gasteiger partial charge in [0.15, 0.2) is 0 Å². The van der Waals surface area contributed by atoms with Gasteiger partial charge in [-0.05, 0) is 19.3 Å². The van der Waals surface area contributed by atoms with Gasteiger partial charge in [-0.25, -0.2) is 0 Å². The molecule has 0 aliphatic heterocycles. The summed E-state index contributed by atoms with van der Waals surface area (Å²) in [5.74, 6) is 0.0263. The highest BCUT2D eigenvalue weighted by atomic mass is 16.1. The van der Waals surface area contributed by atoms with Crippen molar-refractivity contribution in [3.63, 3.8) is 0 Å². The zero-order chi connectivity index (χ0) is 10.7. The summed E-state index contributed by atoms with van der Waals surface area (Å²) in [7, 11) is 0. The zero-order valence-corrected chi connectivity index (χ0v) is 8.62. The molecule has 0 atom stereocenters. The number of nitrogens with one attached hydrogen (secondary N) is 2. The van der Waals surface area contributed by atoms with Crippen molar-refractivity contribution in [3.05, 3.63) is 18.0 Å². The predicted molar refractivity (Wildman–Crippen MR) is 55.8 cm³/mol. The first kappa shape index (κ1) is 10.2. The molecule has 5 heteroatoms. The fourth-order valence-electron chi connectivity index (χ4n) is 1.76. The van der Waals surface area contributed by atoms with Gasteiger partial charge in [0.25, 0.3) is 0 Å². The van der Waals surface area contributed by atoms with Crippen molar-refractivity contribution < 1.29 is 4.79 Å². The summed E-state index contributed by atoms with van der Waals surface area (Å²) in [4.78, 5) is 11.5. The summed E-state index contributed by atoms with van der Waals surface area (Å²) in [6.45, 7) is 0.519. The van der Waals surface area contributed by atoms with E-state index in [2.05, 4.69) is 15.5 Å². The molecule has 1 aliphatic rings. The second-order valence-corrected chi connectivity index (χ2v) is 4.28. The van der Waals surface area contributed by atoms with E-state index in [1.807, 2.05) is 0 Å². The van der Waals surface area contributed by atoms with Crippen LogP contribution in [0.1, 0.15) is 31.2 Å². The summed E-state index contributed by atoms with van der Waals surface area (Å²) < 4.78 is 0. The first-order valence-corrected chi connectivity index (χ1v) is 5.21. The molecule has 0 bridgehead atoms. The molecular weight excluding hydrogens is 192 g/mol. The van der Waals surface area contributed by atoms with Gasteiger partial charge in [0.1, 0.15) is 0 Å². The molecule has 5 nitrogen and oxygen atoms in total. The van der Waals surface area contributed by atoms with Crippen molar-refractivity contribution >= 4 is 5.91 Å². The van der Waals surface area contributed by atoms with Gasteiger partial charge in [-0.1, -0.05) is 0 Å². The van der Waals surface area contributed by atoms with E-state index in [1.165, 1.54) is 0 Å². The number of amides is 1. The van der Waals surface area contributed by atoms with Gasteiger partial charge >= 0.3 is 0 Å². The molecule has 15 heavy (non-hydrogen) atoms. The zero-order valence-electron chi connectivity index (χ0n) is 8.62. The lowest BCUT2D eigenvalue weighted by Crippen LogP contribution is -2.49. The first-order chi connectivity index (χ1) is 7.18. The Bertz CT molecular complexity index is 329. The summed E-state index contributed by atoms with van der Waals surface area (Å²) in [6, 6.07) is 0. The fourth-order valence-corrected chi connectivity index (χ4v) is 1.76. The van der Waals surface area contributed by atoms with E-state index in [4.69, 9.17) is 5.73 Å². The summed E-state index contributed by atoms with van der Waals surface area (Å²) in [5, 5.41) is 9.33. The normalized spacial score (nSPS) is 18.2. The average molecular weight is 208 g/mol. The highest BCUT2D eigenvalue weighted by Gasteiger charge is 2.34. The molecule has 1 saturated carbocycles. The lowest BCUT2D eigenvalue weighted by Gasteiger charge is -2.37. The van der Waals surface area contributed by atoms with Gasteiger partial charge in [-0.15, -0.1) is 0 Å². The number of H-pyrrole nitrogens is 1. The minimum atomic E-state index is -0.236. The van der Waals surface area contributed by atoms with Crippen LogP contribution in [-0.2, 0) is 11.3 Å². The summed E-state index contributed by atoms with van der Waals surface area (Å²) >= 11 is 0. The Morgan fingerprint density at radius 1 is 1.67 bits per heavy atom. The molecule has 1 amide bonds. The van der Waals surface area contributed by atoms with Crippen LogP contribution in [0.25, 0.3) is 0 Å². The van der Waals surface area contributed by atoms with Gasteiger partial charge in [-0.3, -0.25) is 9.89 Å². The van der Waals surface area contributed by atoms with E-state index < -0.39 is 0 Å². The van der Waals surface area contributed by atoms with Crippen LogP contribution in [0.4, 0.5) is 0 Å². The molecule has 0 unspecified atom stereocenters. The minimum Gasteiger partial charge on any atom is -0.352 e. The maximum atomic E-state index is 11.5. The van der Waals surface area contributed by atoms with Gasteiger partial charge in [0.05, 0.1) is 6.20 Å². The predicted octanol–water partition coefficient (Wildman–Crippen LogP) is 0.297. The molecule has 82 valence electrons. The van der Waals surface area contributed by atoms with E-state index in [1.54, 1.807) is 12.4 Å². The SMILES string of the molecule is NC1(CC(=O)NCc2cn[nH]c2)CCC1. The molecule has 4 N–H and O–H groups in total. The lowest BCUT2D eigenvalue weighted by atomic mass is 9.75. The van der Waals surface area contributed by atoms with Crippen molar-refractivity contribution in [2.45, 2.75) is 37.8 Å². The monoisotopic (exact) mass is 208 g/mol. The van der Waals surface area contributed by atoms with Gasteiger partial charge < -0.3 is 11.1 Å². The van der Waals surface area contributed by atoms with E-state index in [9.17, 15) is 4.79 Å². The topological polar surface area (TPSA) is 83.8 Å². The minimum absolute atomic E-state index is 0.0263. The molecule has 1 aromatic heterocycles. The van der Waals surface area contributed by atoms with Crippen LogP contribution in [-0.4, -0.2) is 21.6 Å². The average Bonchev–Trinajstić information content (AvgIpc) is 2.64. The molecule has 1 aromatic rings.